The van der Waals surface area contributed by atoms with Gasteiger partial charge in [-0.2, -0.15) is 0 Å². The van der Waals surface area contributed by atoms with Crippen molar-refractivity contribution in [1.29, 1.82) is 0 Å². The van der Waals surface area contributed by atoms with Crippen molar-refractivity contribution in [1.82, 2.24) is 5.32 Å². The normalized spacial score (nSPS) is 20.7. The first-order chi connectivity index (χ1) is 7.24. The van der Waals surface area contributed by atoms with Crippen LogP contribution in [0.1, 0.15) is 58.3 Å². The predicted molar refractivity (Wildman–Crippen MR) is 63.7 cm³/mol. The zero-order chi connectivity index (χ0) is 11.1. The molecular formula is C13H23NO. The maximum absolute atomic E-state index is 11.1. The minimum absolute atomic E-state index is 0.0611. The van der Waals surface area contributed by atoms with Crippen molar-refractivity contribution in [2.24, 2.45) is 0 Å². The first-order valence-corrected chi connectivity index (χ1v) is 6.22. The van der Waals surface area contributed by atoms with Crippen molar-refractivity contribution in [3.63, 3.8) is 0 Å². The lowest BCUT2D eigenvalue weighted by Crippen LogP contribution is -2.25. The van der Waals surface area contributed by atoms with Gasteiger partial charge in [-0.25, -0.2) is 0 Å². The Kier molecular flexibility index (Phi) is 5.44. The maximum atomic E-state index is 11.1. The lowest BCUT2D eigenvalue weighted by molar-refractivity contribution is -0.116. The largest absolute Gasteiger partial charge is 0.349 e. The molecule has 0 aliphatic carbocycles. The summed E-state index contributed by atoms with van der Waals surface area (Å²) in [4.78, 5) is 11.1. The molecule has 1 aliphatic heterocycles. The molecule has 0 saturated carbocycles. The first kappa shape index (κ1) is 12.3. The molecule has 1 atom stereocenters. The smallest absolute Gasteiger partial charge is 0.246 e. The van der Waals surface area contributed by atoms with Crippen LogP contribution in [0.25, 0.3) is 0 Å². The van der Waals surface area contributed by atoms with Crippen LogP contribution in [0.5, 0.6) is 0 Å². The summed E-state index contributed by atoms with van der Waals surface area (Å²) < 4.78 is 0. The highest BCUT2D eigenvalue weighted by atomic mass is 16.2. The van der Waals surface area contributed by atoms with Gasteiger partial charge in [-0.15, -0.1) is 0 Å². The molecule has 1 saturated heterocycles. The number of amides is 1. The SMILES string of the molecule is C=C1CC(CCCCCCCC)NC1=O. The number of rotatable bonds is 7. The topological polar surface area (TPSA) is 29.1 Å². The Balaban J connectivity index is 1.97. The Hall–Kier alpha value is -0.790. The van der Waals surface area contributed by atoms with Crippen LogP contribution in [0.3, 0.4) is 0 Å². The van der Waals surface area contributed by atoms with Crippen molar-refractivity contribution >= 4 is 5.91 Å². The highest BCUT2D eigenvalue weighted by molar-refractivity contribution is 5.95. The average molecular weight is 209 g/mol. The Bertz CT molecular complexity index is 207. The van der Waals surface area contributed by atoms with Crippen LogP contribution in [-0.2, 0) is 4.79 Å². The number of nitrogens with one attached hydrogen (secondary N) is 1. The van der Waals surface area contributed by atoms with Gasteiger partial charge in [-0.3, -0.25) is 4.79 Å². The molecule has 1 unspecified atom stereocenters. The fourth-order valence-corrected chi connectivity index (χ4v) is 2.07. The lowest BCUT2D eigenvalue weighted by atomic mass is 10.0. The summed E-state index contributed by atoms with van der Waals surface area (Å²) in [5.74, 6) is 0.0611. The number of unbranched alkanes of at least 4 members (excludes halogenated alkanes) is 5. The Morgan fingerprint density at radius 3 is 2.53 bits per heavy atom. The molecule has 0 spiro atoms. The van der Waals surface area contributed by atoms with E-state index in [2.05, 4.69) is 18.8 Å². The molecule has 2 heteroatoms. The molecule has 1 aliphatic rings. The second-order valence-electron chi connectivity index (χ2n) is 4.53. The van der Waals surface area contributed by atoms with Crippen molar-refractivity contribution in [2.45, 2.75) is 64.3 Å². The first-order valence-electron chi connectivity index (χ1n) is 6.22. The van der Waals surface area contributed by atoms with Crippen molar-refractivity contribution in [3.05, 3.63) is 12.2 Å². The van der Waals surface area contributed by atoms with Crippen LogP contribution in [0.2, 0.25) is 0 Å². The zero-order valence-corrected chi connectivity index (χ0v) is 9.85. The molecule has 0 aromatic carbocycles. The van der Waals surface area contributed by atoms with Gasteiger partial charge in [0.1, 0.15) is 0 Å². The number of hydrogen-bond donors (Lipinski definition) is 1. The van der Waals surface area contributed by atoms with Gasteiger partial charge in [-0.05, 0) is 12.8 Å². The summed E-state index contributed by atoms with van der Waals surface area (Å²) in [5, 5.41) is 2.97. The highest BCUT2D eigenvalue weighted by Gasteiger charge is 2.23. The molecular weight excluding hydrogens is 186 g/mol. The van der Waals surface area contributed by atoms with E-state index < -0.39 is 0 Å². The maximum Gasteiger partial charge on any atom is 0.246 e. The summed E-state index contributed by atoms with van der Waals surface area (Å²) >= 11 is 0. The van der Waals surface area contributed by atoms with Crippen LogP contribution in [0, 0.1) is 0 Å². The standard InChI is InChI=1S/C13H23NO/c1-3-4-5-6-7-8-9-12-10-11(2)13(15)14-12/h12H,2-10H2,1H3,(H,14,15). The van der Waals surface area contributed by atoms with Crippen molar-refractivity contribution in [3.8, 4) is 0 Å². The molecule has 2 nitrogen and oxygen atoms in total. The quantitative estimate of drug-likeness (QED) is 0.506. The van der Waals surface area contributed by atoms with Gasteiger partial charge in [0.05, 0.1) is 0 Å². The summed E-state index contributed by atoms with van der Waals surface area (Å²) in [5.41, 5.74) is 0.756. The molecule has 0 aromatic rings. The number of hydrogen-bond acceptors (Lipinski definition) is 1. The van der Waals surface area contributed by atoms with Gasteiger partial charge in [0.2, 0.25) is 5.91 Å². The second kappa shape index (κ2) is 6.65. The average Bonchev–Trinajstić information content (AvgIpc) is 2.52. The molecule has 1 N–H and O–H groups in total. The molecule has 0 aromatic heterocycles. The minimum atomic E-state index is 0.0611. The van der Waals surface area contributed by atoms with E-state index in [4.69, 9.17) is 0 Å². The van der Waals surface area contributed by atoms with E-state index in [1.807, 2.05) is 0 Å². The summed E-state index contributed by atoms with van der Waals surface area (Å²) in [6.07, 6.45) is 9.89. The third-order valence-corrected chi connectivity index (χ3v) is 3.06. The third kappa shape index (κ3) is 4.50. The van der Waals surface area contributed by atoms with Crippen LogP contribution >= 0.6 is 0 Å². The molecule has 1 rings (SSSR count). The third-order valence-electron chi connectivity index (χ3n) is 3.06. The van der Waals surface area contributed by atoms with E-state index in [0.29, 0.717) is 6.04 Å². The van der Waals surface area contributed by atoms with Gasteiger partial charge >= 0.3 is 0 Å². The van der Waals surface area contributed by atoms with Crippen molar-refractivity contribution < 1.29 is 4.79 Å². The van der Waals surface area contributed by atoms with E-state index in [-0.39, 0.29) is 5.91 Å². The molecule has 0 bridgehead atoms. The highest BCUT2D eigenvalue weighted by Crippen LogP contribution is 2.18. The van der Waals surface area contributed by atoms with E-state index in [1.54, 1.807) is 0 Å². The summed E-state index contributed by atoms with van der Waals surface area (Å²) in [6, 6.07) is 0.371. The van der Waals surface area contributed by atoms with Crippen LogP contribution < -0.4 is 5.32 Å². The van der Waals surface area contributed by atoms with Gasteiger partial charge in [0.15, 0.2) is 0 Å². The van der Waals surface area contributed by atoms with E-state index >= 15 is 0 Å². The molecule has 0 radical (unpaired) electrons. The van der Waals surface area contributed by atoms with Gasteiger partial charge in [0.25, 0.3) is 0 Å². The molecule has 1 amide bonds. The van der Waals surface area contributed by atoms with Gasteiger partial charge in [0, 0.05) is 11.6 Å². The van der Waals surface area contributed by atoms with E-state index in [9.17, 15) is 4.79 Å². The Labute approximate surface area is 93.1 Å². The molecule has 86 valence electrons. The van der Waals surface area contributed by atoms with Gasteiger partial charge < -0.3 is 5.32 Å². The lowest BCUT2D eigenvalue weighted by Gasteiger charge is -2.08. The zero-order valence-electron chi connectivity index (χ0n) is 9.85. The fourth-order valence-electron chi connectivity index (χ4n) is 2.07. The Morgan fingerprint density at radius 2 is 1.93 bits per heavy atom. The fraction of sp³-hybridized carbons (Fsp3) is 0.769. The molecule has 15 heavy (non-hydrogen) atoms. The van der Waals surface area contributed by atoms with Crippen LogP contribution in [-0.4, -0.2) is 11.9 Å². The second-order valence-corrected chi connectivity index (χ2v) is 4.53. The molecule has 1 fully saturated rings. The van der Waals surface area contributed by atoms with Crippen molar-refractivity contribution in [2.75, 3.05) is 0 Å². The van der Waals surface area contributed by atoms with Crippen LogP contribution in [0.4, 0.5) is 0 Å². The monoisotopic (exact) mass is 209 g/mol. The van der Waals surface area contributed by atoms with Crippen LogP contribution in [0.15, 0.2) is 12.2 Å². The summed E-state index contributed by atoms with van der Waals surface area (Å²) in [7, 11) is 0. The number of carbonyl (C=O) groups is 1. The molecule has 1 heterocycles. The number of carbonyl (C=O) groups excluding carboxylic acids is 1. The minimum Gasteiger partial charge on any atom is -0.349 e. The predicted octanol–water partition coefficient (Wildman–Crippen LogP) is 3.18. The Morgan fingerprint density at radius 1 is 1.27 bits per heavy atom. The van der Waals surface area contributed by atoms with E-state index in [1.165, 1.54) is 38.5 Å². The summed E-state index contributed by atoms with van der Waals surface area (Å²) in [6.45, 7) is 5.98. The van der Waals surface area contributed by atoms with E-state index in [0.717, 1.165) is 18.4 Å². The van der Waals surface area contributed by atoms with Gasteiger partial charge in [-0.1, -0.05) is 52.0 Å².